The Hall–Kier alpha value is -1.88. The first-order valence-corrected chi connectivity index (χ1v) is 28.5. The third kappa shape index (κ3) is 51.1. The second kappa shape index (κ2) is 55.4. The van der Waals surface area contributed by atoms with E-state index in [1.807, 2.05) is 0 Å². The molecule has 0 rings (SSSR count). The predicted molar refractivity (Wildman–Crippen MR) is 279 cm³/mol. The summed E-state index contributed by atoms with van der Waals surface area (Å²) in [4.78, 5) is 25.8. The number of esters is 2. The smallest absolute Gasteiger partial charge is 0.335 e. The van der Waals surface area contributed by atoms with Gasteiger partial charge >= 0.3 is 11.9 Å². The van der Waals surface area contributed by atoms with Crippen LogP contribution in [-0.4, -0.2) is 37.9 Å². The van der Waals surface area contributed by atoms with E-state index in [9.17, 15) is 9.59 Å². The quantitative estimate of drug-likeness (QED) is 0.0346. The topological polar surface area (TPSA) is 61.8 Å². The molecule has 0 aliphatic rings. The van der Waals surface area contributed by atoms with E-state index in [2.05, 4.69) is 57.2 Å². The van der Waals surface area contributed by atoms with E-state index in [0.717, 1.165) is 38.5 Å². The minimum Gasteiger partial charge on any atom is -0.466 e. The molecule has 0 spiro atoms. The van der Waals surface area contributed by atoms with E-state index in [1.54, 1.807) is 0 Å². The summed E-state index contributed by atoms with van der Waals surface area (Å²) in [6.07, 6.45) is 66.8. The van der Waals surface area contributed by atoms with E-state index < -0.39 is 6.10 Å². The van der Waals surface area contributed by atoms with Gasteiger partial charge in [-0.1, -0.05) is 231 Å². The van der Waals surface area contributed by atoms with Gasteiger partial charge in [0.2, 0.25) is 0 Å². The van der Waals surface area contributed by atoms with Gasteiger partial charge in [-0.3, -0.25) is 4.79 Å². The molecule has 0 aromatic rings. The Morgan fingerprint density at radius 3 is 0.922 bits per heavy atom. The van der Waals surface area contributed by atoms with Crippen molar-refractivity contribution in [2.45, 2.75) is 309 Å². The Kier molecular flexibility index (Phi) is 53.8. The zero-order valence-corrected chi connectivity index (χ0v) is 43.3. The van der Waals surface area contributed by atoms with Crippen molar-refractivity contribution in [3.05, 3.63) is 36.5 Å². The molecule has 0 saturated carbocycles. The normalized spacial score (nSPS) is 12.4. The average Bonchev–Trinajstić information content (AvgIpc) is 3.30. The standard InChI is InChI=1S/C59H110O5/c1-4-7-10-13-16-19-22-25-28-31-34-37-40-43-46-49-54-62-57(59(61)64-56-51-48-45-42-39-36-33-30-27-24-21-18-15-12-9-6-3)52-53-58(60)63-55-50-47-44-41-38-35-32-29-26-23-20-17-14-11-8-5-2/h25-30,57H,4-24,31-56H2,1-3H3/b28-25-,29-26-,30-27-. The molecular formula is C59H110O5. The van der Waals surface area contributed by atoms with Gasteiger partial charge in [0, 0.05) is 13.0 Å². The fourth-order valence-corrected chi connectivity index (χ4v) is 8.32. The minimum atomic E-state index is -0.699. The number of allylic oxidation sites excluding steroid dienone is 6. The molecule has 0 N–H and O–H groups in total. The van der Waals surface area contributed by atoms with E-state index in [0.29, 0.717) is 26.2 Å². The largest absolute Gasteiger partial charge is 0.466 e. The number of hydrogen-bond donors (Lipinski definition) is 0. The number of carbonyl (C=O) groups is 2. The first kappa shape index (κ1) is 62.1. The zero-order valence-electron chi connectivity index (χ0n) is 43.3. The third-order valence-electron chi connectivity index (χ3n) is 12.7. The molecule has 0 amide bonds. The first-order chi connectivity index (χ1) is 31.7. The van der Waals surface area contributed by atoms with Crippen molar-refractivity contribution in [3.63, 3.8) is 0 Å². The number of unbranched alkanes of at least 4 members (excludes halogenated alkanes) is 36. The molecule has 0 heterocycles. The van der Waals surface area contributed by atoms with Gasteiger partial charge in [0.05, 0.1) is 13.2 Å². The van der Waals surface area contributed by atoms with Crippen molar-refractivity contribution < 1.29 is 23.8 Å². The van der Waals surface area contributed by atoms with Crippen LogP contribution in [0.2, 0.25) is 0 Å². The monoisotopic (exact) mass is 899 g/mol. The lowest BCUT2D eigenvalue weighted by Gasteiger charge is -2.17. The van der Waals surface area contributed by atoms with Crippen molar-refractivity contribution in [2.75, 3.05) is 19.8 Å². The Bertz CT molecular complexity index is 1020. The molecule has 0 aliphatic carbocycles. The maximum atomic E-state index is 13.1. The van der Waals surface area contributed by atoms with Gasteiger partial charge in [-0.25, -0.2) is 4.79 Å². The summed E-state index contributed by atoms with van der Waals surface area (Å²) in [5, 5.41) is 0. The van der Waals surface area contributed by atoms with Crippen LogP contribution in [0.25, 0.3) is 0 Å². The third-order valence-corrected chi connectivity index (χ3v) is 12.7. The van der Waals surface area contributed by atoms with E-state index in [-0.39, 0.29) is 18.4 Å². The Balaban J connectivity index is 4.27. The lowest BCUT2D eigenvalue weighted by atomic mass is 10.1. The molecule has 0 aromatic heterocycles. The molecule has 0 aromatic carbocycles. The van der Waals surface area contributed by atoms with Crippen LogP contribution in [0.4, 0.5) is 0 Å². The Labute approximate surface area is 400 Å². The highest BCUT2D eigenvalue weighted by molar-refractivity contribution is 5.76. The van der Waals surface area contributed by atoms with Crippen molar-refractivity contribution in [3.8, 4) is 0 Å². The van der Waals surface area contributed by atoms with Crippen LogP contribution in [0.15, 0.2) is 36.5 Å². The molecule has 0 fully saturated rings. The highest BCUT2D eigenvalue weighted by atomic mass is 16.6. The fraction of sp³-hybridized carbons (Fsp3) is 0.864. The van der Waals surface area contributed by atoms with Crippen molar-refractivity contribution >= 4 is 11.9 Å². The van der Waals surface area contributed by atoms with Crippen LogP contribution in [0.3, 0.4) is 0 Å². The maximum absolute atomic E-state index is 13.1. The molecule has 5 nitrogen and oxygen atoms in total. The summed E-state index contributed by atoms with van der Waals surface area (Å²) in [5.41, 5.74) is 0. The van der Waals surface area contributed by atoms with Gasteiger partial charge in [0.15, 0.2) is 6.10 Å². The SMILES string of the molecule is CCCCCCCC/C=C\CCCCCCCCOC(=O)CCC(OCCCCCCCC/C=C\CCCCCCCC)C(=O)OCCCCCCCC/C=C\CCCCCCCC. The van der Waals surface area contributed by atoms with Crippen LogP contribution in [0, 0.1) is 0 Å². The average molecular weight is 900 g/mol. The van der Waals surface area contributed by atoms with Gasteiger partial charge in [0.1, 0.15) is 0 Å². The lowest BCUT2D eigenvalue weighted by Crippen LogP contribution is -2.28. The number of rotatable bonds is 53. The van der Waals surface area contributed by atoms with Gasteiger partial charge < -0.3 is 14.2 Å². The van der Waals surface area contributed by atoms with E-state index >= 15 is 0 Å². The van der Waals surface area contributed by atoms with Crippen LogP contribution in [-0.2, 0) is 23.8 Å². The molecule has 0 radical (unpaired) electrons. The van der Waals surface area contributed by atoms with Crippen LogP contribution in [0.5, 0.6) is 0 Å². The second-order valence-corrected chi connectivity index (χ2v) is 19.1. The highest BCUT2D eigenvalue weighted by Gasteiger charge is 2.22. The lowest BCUT2D eigenvalue weighted by molar-refractivity contribution is -0.159. The Morgan fingerprint density at radius 1 is 0.328 bits per heavy atom. The molecular weight excluding hydrogens is 789 g/mol. The van der Waals surface area contributed by atoms with Crippen LogP contribution in [0.1, 0.15) is 303 Å². The van der Waals surface area contributed by atoms with Crippen molar-refractivity contribution in [1.82, 2.24) is 0 Å². The first-order valence-electron chi connectivity index (χ1n) is 28.5. The molecule has 376 valence electrons. The number of carbonyl (C=O) groups excluding carboxylic acids is 2. The molecule has 0 aliphatic heterocycles. The van der Waals surface area contributed by atoms with Gasteiger partial charge in [-0.2, -0.15) is 0 Å². The molecule has 5 heteroatoms. The van der Waals surface area contributed by atoms with Gasteiger partial charge in [-0.15, -0.1) is 0 Å². The number of ether oxygens (including phenoxy) is 3. The minimum absolute atomic E-state index is 0.188. The summed E-state index contributed by atoms with van der Waals surface area (Å²) < 4.78 is 17.4. The Morgan fingerprint density at radius 2 is 0.594 bits per heavy atom. The fourth-order valence-electron chi connectivity index (χ4n) is 8.32. The second-order valence-electron chi connectivity index (χ2n) is 19.1. The zero-order chi connectivity index (χ0) is 46.3. The predicted octanol–water partition coefficient (Wildman–Crippen LogP) is 19.4. The van der Waals surface area contributed by atoms with E-state index in [1.165, 1.54) is 231 Å². The molecule has 0 saturated heterocycles. The highest BCUT2D eigenvalue weighted by Crippen LogP contribution is 2.15. The van der Waals surface area contributed by atoms with Crippen LogP contribution >= 0.6 is 0 Å². The molecule has 1 atom stereocenters. The summed E-state index contributed by atoms with van der Waals surface area (Å²) >= 11 is 0. The van der Waals surface area contributed by atoms with Gasteiger partial charge in [-0.05, 0) is 103 Å². The number of hydrogen-bond acceptors (Lipinski definition) is 5. The maximum Gasteiger partial charge on any atom is 0.335 e. The summed E-state index contributed by atoms with van der Waals surface area (Å²) in [6, 6.07) is 0. The summed E-state index contributed by atoms with van der Waals surface area (Å²) in [5.74, 6) is -0.557. The molecule has 0 bridgehead atoms. The molecule has 64 heavy (non-hydrogen) atoms. The van der Waals surface area contributed by atoms with Crippen LogP contribution < -0.4 is 0 Å². The summed E-state index contributed by atoms with van der Waals surface area (Å²) in [6.45, 7) is 8.24. The van der Waals surface area contributed by atoms with Crippen molar-refractivity contribution in [1.29, 1.82) is 0 Å². The van der Waals surface area contributed by atoms with Crippen molar-refractivity contribution in [2.24, 2.45) is 0 Å². The summed E-state index contributed by atoms with van der Waals surface area (Å²) in [7, 11) is 0. The van der Waals surface area contributed by atoms with Gasteiger partial charge in [0.25, 0.3) is 0 Å². The van der Waals surface area contributed by atoms with E-state index in [4.69, 9.17) is 14.2 Å². The molecule has 1 unspecified atom stereocenters.